The van der Waals surface area contributed by atoms with Crippen LogP contribution in [0.25, 0.3) is 5.69 Å². The molecule has 1 aromatic heterocycles. The Hall–Kier alpha value is -2.89. The van der Waals surface area contributed by atoms with Crippen molar-refractivity contribution in [2.45, 2.75) is 25.6 Å². The summed E-state index contributed by atoms with van der Waals surface area (Å²) in [5, 5.41) is 11.1. The average molecular weight is 568 g/mol. The van der Waals surface area contributed by atoms with Gasteiger partial charge in [-0.15, -0.1) is 24.0 Å². The SMILES string of the molecule is CN=C(NCc1cnn(-c2ccccc2)c1)NC1CCN(c2ccccc2OC(F)F)C1.I. The maximum Gasteiger partial charge on any atom is 0.387 e. The molecule has 1 unspecified atom stereocenters. The van der Waals surface area contributed by atoms with Crippen molar-refractivity contribution in [2.24, 2.45) is 4.99 Å². The van der Waals surface area contributed by atoms with Crippen molar-refractivity contribution in [3.05, 3.63) is 72.6 Å². The second-order valence-corrected chi connectivity index (χ2v) is 7.48. The number of hydrogen-bond donors (Lipinski definition) is 2. The van der Waals surface area contributed by atoms with Crippen molar-refractivity contribution < 1.29 is 13.5 Å². The number of anilines is 1. The maximum absolute atomic E-state index is 12.7. The molecule has 10 heteroatoms. The van der Waals surface area contributed by atoms with Crippen molar-refractivity contribution in [3.63, 3.8) is 0 Å². The Labute approximate surface area is 208 Å². The molecule has 7 nitrogen and oxygen atoms in total. The fourth-order valence-corrected chi connectivity index (χ4v) is 3.76. The number of nitrogens with one attached hydrogen (secondary N) is 2. The zero-order chi connectivity index (χ0) is 22.3. The number of benzene rings is 2. The fourth-order valence-electron chi connectivity index (χ4n) is 3.76. The molecular weight excluding hydrogens is 541 g/mol. The lowest BCUT2D eigenvalue weighted by atomic mass is 10.2. The molecule has 3 aromatic rings. The van der Waals surface area contributed by atoms with E-state index in [0.717, 1.165) is 24.2 Å². The summed E-state index contributed by atoms with van der Waals surface area (Å²) in [4.78, 5) is 6.36. The molecule has 0 bridgehead atoms. The predicted molar refractivity (Wildman–Crippen MR) is 136 cm³/mol. The smallest absolute Gasteiger partial charge is 0.387 e. The van der Waals surface area contributed by atoms with E-state index in [-0.39, 0.29) is 35.8 Å². The van der Waals surface area contributed by atoms with Crippen LogP contribution in [0.2, 0.25) is 0 Å². The Balaban J connectivity index is 0.00000306. The van der Waals surface area contributed by atoms with E-state index < -0.39 is 6.61 Å². The summed E-state index contributed by atoms with van der Waals surface area (Å²) in [6.07, 6.45) is 4.66. The summed E-state index contributed by atoms with van der Waals surface area (Å²) >= 11 is 0. The molecule has 0 amide bonds. The molecule has 2 N–H and O–H groups in total. The zero-order valence-electron chi connectivity index (χ0n) is 18.2. The Morgan fingerprint density at radius 3 is 2.70 bits per heavy atom. The van der Waals surface area contributed by atoms with Crippen LogP contribution in [-0.4, -0.2) is 48.5 Å². The second-order valence-electron chi connectivity index (χ2n) is 7.48. The largest absolute Gasteiger partial charge is 0.433 e. The van der Waals surface area contributed by atoms with Gasteiger partial charge in [0.15, 0.2) is 5.96 Å². The van der Waals surface area contributed by atoms with E-state index in [4.69, 9.17) is 0 Å². The van der Waals surface area contributed by atoms with Gasteiger partial charge in [-0.2, -0.15) is 13.9 Å². The molecule has 176 valence electrons. The van der Waals surface area contributed by atoms with Gasteiger partial charge in [0.05, 0.1) is 17.6 Å². The monoisotopic (exact) mass is 568 g/mol. The van der Waals surface area contributed by atoms with Crippen LogP contribution in [0.5, 0.6) is 5.75 Å². The predicted octanol–water partition coefficient (Wildman–Crippen LogP) is 4.04. The average Bonchev–Trinajstić information content (AvgIpc) is 3.47. The molecule has 0 aliphatic carbocycles. The van der Waals surface area contributed by atoms with Gasteiger partial charge in [-0.05, 0) is 30.7 Å². The van der Waals surface area contributed by atoms with Crippen LogP contribution in [0.1, 0.15) is 12.0 Å². The lowest BCUT2D eigenvalue weighted by Crippen LogP contribution is -2.44. The number of nitrogens with zero attached hydrogens (tertiary/aromatic N) is 4. The topological polar surface area (TPSA) is 66.7 Å². The number of aromatic nitrogens is 2. The third-order valence-corrected chi connectivity index (χ3v) is 5.29. The van der Waals surface area contributed by atoms with Crippen LogP contribution in [0.4, 0.5) is 14.5 Å². The minimum absolute atomic E-state index is 0. The first-order valence-electron chi connectivity index (χ1n) is 10.5. The second kappa shape index (κ2) is 11.8. The first-order valence-corrected chi connectivity index (χ1v) is 10.5. The van der Waals surface area contributed by atoms with Gasteiger partial charge in [-0.25, -0.2) is 4.68 Å². The molecule has 1 aliphatic heterocycles. The summed E-state index contributed by atoms with van der Waals surface area (Å²) < 4.78 is 32.0. The highest BCUT2D eigenvalue weighted by molar-refractivity contribution is 14.0. The van der Waals surface area contributed by atoms with E-state index in [1.54, 1.807) is 25.2 Å². The van der Waals surface area contributed by atoms with Crippen molar-refractivity contribution in [2.75, 3.05) is 25.0 Å². The molecule has 1 fully saturated rings. The number of guanidine groups is 1. The van der Waals surface area contributed by atoms with Gasteiger partial charge in [0.2, 0.25) is 0 Å². The standard InChI is InChI=1S/C23H26F2N6O.HI/c1-26-23(27-13-17-14-28-31(15-17)19-7-3-2-4-8-19)29-18-11-12-30(16-18)20-9-5-6-10-21(20)32-22(24)25;/h2-10,14-15,18,22H,11-13,16H2,1H3,(H2,26,27,29);1H. The summed E-state index contributed by atoms with van der Waals surface area (Å²) in [7, 11) is 1.72. The molecule has 0 spiro atoms. The molecule has 0 saturated carbocycles. The lowest BCUT2D eigenvalue weighted by Gasteiger charge is -2.22. The maximum atomic E-state index is 12.7. The van der Waals surface area contributed by atoms with E-state index in [2.05, 4.69) is 25.5 Å². The van der Waals surface area contributed by atoms with Crippen molar-refractivity contribution in [1.29, 1.82) is 0 Å². The van der Waals surface area contributed by atoms with E-state index in [1.807, 2.05) is 58.4 Å². The van der Waals surface area contributed by atoms with Crippen molar-refractivity contribution in [3.8, 4) is 11.4 Å². The van der Waals surface area contributed by atoms with Gasteiger partial charge >= 0.3 is 6.61 Å². The Kier molecular flexibility index (Phi) is 8.87. The molecule has 4 rings (SSSR count). The number of para-hydroxylation sites is 3. The Morgan fingerprint density at radius 1 is 1.18 bits per heavy atom. The normalized spacial score (nSPS) is 15.9. The van der Waals surface area contributed by atoms with E-state index in [0.29, 0.717) is 24.7 Å². The highest BCUT2D eigenvalue weighted by atomic mass is 127. The quantitative estimate of drug-likeness (QED) is 0.256. The van der Waals surface area contributed by atoms with E-state index in [1.165, 1.54) is 0 Å². The van der Waals surface area contributed by atoms with Crippen LogP contribution in [0, 0.1) is 0 Å². The molecule has 2 heterocycles. The molecule has 2 aromatic carbocycles. The summed E-state index contributed by atoms with van der Waals surface area (Å²) in [5.74, 6) is 0.877. The summed E-state index contributed by atoms with van der Waals surface area (Å²) in [6, 6.07) is 16.9. The number of alkyl halides is 2. The van der Waals surface area contributed by atoms with Crippen molar-refractivity contribution >= 4 is 35.6 Å². The molecule has 0 radical (unpaired) electrons. The molecule has 1 aliphatic rings. The summed E-state index contributed by atoms with van der Waals surface area (Å²) in [6.45, 7) is -0.867. The number of aliphatic imine (C=N–C) groups is 1. The van der Waals surface area contributed by atoms with Crippen LogP contribution in [0.15, 0.2) is 72.0 Å². The molecule has 1 atom stereocenters. The van der Waals surface area contributed by atoms with Gasteiger partial charge < -0.3 is 20.3 Å². The third kappa shape index (κ3) is 6.56. The molecule has 33 heavy (non-hydrogen) atoms. The Morgan fingerprint density at radius 2 is 1.94 bits per heavy atom. The fraction of sp³-hybridized carbons (Fsp3) is 0.304. The number of ether oxygens (including phenoxy) is 1. The van der Waals surface area contributed by atoms with Gasteiger partial charge in [0.1, 0.15) is 5.75 Å². The van der Waals surface area contributed by atoms with Crippen molar-refractivity contribution in [1.82, 2.24) is 20.4 Å². The van der Waals surface area contributed by atoms with E-state index >= 15 is 0 Å². The first-order chi connectivity index (χ1) is 15.6. The Bertz CT molecular complexity index is 1050. The van der Waals surface area contributed by atoms with Gasteiger partial charge in [-0.1, -0.05) is 30.3 Å². The highest BCUT2D eigenvalue weighted by Crippen LogP contribution is 2.31. The van der Waals surface area contributed by atoms with Crippen LogP contribution < -0.4 is 20.3 Å². The van der Waals surface area contributed by atoms with Crippen LogP contribution in [0.3, 0.4) is 0 Å². The lowest BCUT2D eigenvalue weighted by molar-refractivity contribution is -0.0495. The third-order valence-electron chi connectivity index (χ3n) is 5.29. The molecule has 1 saturated heterocycles. The number of rotatable bonds is 7. The minimum atomic E-state index is -2.85. The van der Waals surface area contributed by atoms with E-state index in [9.17, 15) is 8.78 Å². The van der Waals surface area contributed by atoms with Crippen LogP contribution in [-0.2, 0) is 6.54 Å². The van der Waals surface area contributed by atoms with Gasteiger partial charge in [0, 0.05) is 44.5 Å². The number of hydrogen-bond acceptors (Lipinski definition) is 4. The zero-order valence-corrected chi connectivity index (χ0v) is 20.5. The summed E-state index contributed by atoms with van der Waals surface area (Å²) in [5.41, 5.74) is 2.71. The number of halogens is 3. The molecular formula is C23H27F2IN6O. The highest BCUT2D eigenvalue weighted by Gasteiger charge is 2.26. The van der Waals surface area contributed by atoms with Crippen LogP contribution >= 0.6 is 24.0 Å². The van der Waals surface area contributed by atoms with Gasteiger partial charge in [0.25, 0.3) is 0 Å². The van der Waals surface area contributed by atoms with Gasteiger partial charge in [-0.3, -0.25) is 4.99 Å². The first kappa shape index (κ1) is 24.7. The minimum Gasteiger partial charge on any atom is -0.433 e.